The molecule has 4 nitrogen and oxygen atoms in total. The van der Waals surface area contributed by atoms with Crippen LogP contribution in [-0.4, -0.2) is 37.0 Å². The topological polar surface area (TPSA) is 55.8 Å². The number of ether oxygens (including phenoxy) is 2. The van der Waals surface area contributed by atoms with E-state index in [1.165, 1.54) is 102 Å². The van der Waals surface area contributed by atoms with E-state index in [4.69, 9.17) is 14.6 Å². The lowest BCUT2D eigenvalue weighted by Gasteiger charge is -2.17. The lowest BCUT2D eigenvalue weighted by molar-refractivity contribution is -0.146. The van der Waals surface area contributed by atoms with Gasteiger partial charge in [-0.15, -0.1) is 0 Å². The van der Waals surface area contributed by atoms with Gasteiger partial charge in [0.05, 0.1) is 19.8 Å². The van der Waals surface area contributed by atoms with Crippen LogP contribution in [-0.2, 0) is 14.3 Å². The Morgan fingerprint density at radius 1 is 0.828 bits per heavy atom. The molecule has 0 heterocycles. The molecule has 0 rings (SSSR count). The number of carbonyl (C=O) groups excluding carboxylic acids is 1. The van der Waals surface area contributed by atoms with Crippen LogP contribution in [0.5, 0.6) is 0 Å². The summed E-state index contributed by atoms with van der Waals surface area (Å²) in [6.45, 7) is 6.32. The first kappa shape index (κ1) is 28.1. The average molecular weight is 413 g/mol. The first-order chi connectivity index (χ1) is 14.2. The van der Waals surface area contributed by atoms with Crippen molar-refractivity contribution >= 4 is 5.97 Å². The standard InChI is InChI=1S/C25H48O4/c1-3-5-6-7-8-9-10-11-12-13-14-15-16-17-18-19-20-24(23-28-22-21-26)29-25(27)4-2/h4,24,26H,2-3,5-23H2,1H3. The number of aliphatic hydroxyl groups excluding tert-OH is 1. The lowest BCUT2D eigenvalue weighted by Crippen LogP contribution is -2.23. The molecule has 0 radical (unpaired) electrons. The third kappa shape index (κ3) is 21.7. The molecule has 1 N–H and O–H groups in total. The minimum absolute atomic E-state index is 0.0127. The number of hydrogen-bond donors (Lipinski definition) is 1. The highest BCUT2D eigenvalue weighted by atomic mass is 16.6. The fourth-order valence-corrected chi connectivity index (χ4v) is 3.59. The number of hydrogen-bond acceptors (Lipinski definition) is 4. The summed E-state index contributed by atoms with van der Waals surface area (Å²) in [6.07, 6.45) is 23.3. The van der Waals surface area contributed by atoms with Gasteiger partial charge in [-0.25, -0.2) is 4.79 Å². The summed E-state index contributed by atoms with van der Waals surface area (Å²) in [7, 11) is 0. The molecule has 1 unspecified atom stereocenters. The van der Waals surface area contributed by atoms with Gasteiger partial charge in [0.25, 0.3) is 0 Å². The van der Waals surface area contributed by atoms with E-state index in [0.29, 0.717) is 6.61 Å². The van der Waals surface area contributed by atoms with Crippen molar-refractivity contribution in [3.05, 3.63) is 12.7 Å². The van der Waals surface area contributed by atoms with Gasteiger partial charge in [0, 0.05) is 6.08 Å². The Balaban J connectivity index is 3.42. The highest BCUT2D eigenvalue weighted by molar-refractivity contribution is 5.81. The van der Waals surface area contributed by atoms with Crippen LogP contribution >= 0.6 is 0 Å². The van der Waals surface area contributed by atoms with Crippen LogP contribution in [0.4, 0.5) is 0 Å². The molecule has 0 amide bonds. The Kier molecular flexibility index (Phi) is 22.7. The summed E-state index contributed by atoms with van der Waals surface area (Å²) in [5, 5.41) is 8.78. The van der Waals surface area contributed by atoms with Gasteiger partial charge in [-0.3, -0.25) is 0 Å². The van der Waals surface area contributed by atoms with Crippen molar-refractivity contribution in [2.75, 3.05) is 19.8 Å². The molecular formula is C25H48O4. The van der Waals surface area contributed by atoms with Crippen LogP contribution < -0.4 is 0 Å². The summed E-state index contributed by atoms with van der Waals surface area (Å²) < 4.78 is 10.6. The molecule has 0 aromatic rings. The second-order valence-electron chi connectivity index (χ2n) is 8.15. The SMILES string of the molecule is C=CC(=O)OC(CCCCCCCCCCCCCCCCCC)COCCO. The smallest absolute Gasteiger partial charge is 0.330 e. The average Bonchev–Trinajstić information content (AvgIpc) is 2.73. The van der Waals surface area contributed by atoms with E-state index in [0.717, 1.165) is 12.8 Å². The zero-order chi connectivity index (χ0) is 21.4. The summed E-state index contributed by atoms with van der Waals surface area (Å²) in [6, 6.07) is 0. The highest BCUT2D eigenvalue weighted by Gasteiger charge is 2.12. The Morgan fingerprint density at radius 3 is 1.69 bits per heavy atom. The van der Waals surface area contributed by atoms with Gasteiger partial charge in [-0.2, -0.15) is 0 Å². The Labute approximate surface area is 180 Å². The molecule has 0 saturated carbocycles. The third-order valence-corrected chi connectivity index (χ3v) is 5.37. The first-order valence-corrected chi connectivity index (χ1v) is 12.3. The van der Waals surface area contributed by atoms with E-state index >= 15 is 0 Å². The van der Waals surface area contributed by atoms with Crippen LogP contribution in [0.25, 0.3) is 0 Å². The Hall–Kier alpha value is -0.870. The maximum Gasteiger partial charge on any atom is 0.330 e. The highest BCUT2D eigenvalue weighted by Crippen LogP contribution is 2.15. The minimum Gasteiger partial charge on any atom is -0.457 e. The molecule has 0 aliphatic rings. The Morgan fingerprint density at radius 2 is 1.28 bits per heavy atom. The molecule has 0 aromatic carbocycles. The molecule has 0 aliphatic carbocycles. The summed E-state index contributed by atoms with van der Waals surface area (Å²) in [5.41, 5.74) is 0. The van der Waals surface area contributed by atoms with Gasteiger partial charge in [0.1, 0.15) is 6.10 Å². The first-order valence-electron chi connectivity index (χ1n) is 12.3. The lowest BCUT2D eigenvalue weighted by atomic mass is 10.0. The molecule has 0 saturated heterocycles. The maximum absolute atomic E-state index is 11.4. The zero-order valence-electron chi connectivity index (χ0n) is 19.2. The van der Waals surface area contributed by atoms with Crippen molar-refractivity contribution in [2.24, 2.45) is 0 Å². The monoisotopic (exact) mass is 412 g/mol. The predicted octanol–water partition coefficient (Wildman–Crippen LogP) is 6.74. The van der Waals surface area contributed by atoms with E-state index in [2.05, 4.69) is 13.5 Å². The van der Waals surface area contributed by atoms with Gasteiger partial charge in [0.15, 0.2) is 0 Å². The van der Waals surface area contributed by atoms with E-state index in [9.17, 15) is 4.79 Å². The van der Waals surface area contributed by atoms with E-state index in [1.54, 1.807) is 0 Å². The molecule has 0 aliphatic heterocycles. The molecule has 0 aromatic heterocycles. The van der Waals surface area contributed by atoms with Crippen molar-refractivity contribution in [2.45, 2.75) is 122 Å². The van der Waals surface area contributed by atoms with E-state index in [1.807, 2.05) is 0 Å². The van der Waals surface area contributed by atoms with Crippen molar-refractivity contribution < 1.29 is 19.4 Å². The molecule has 172 valence electrons. The normalized spacial score (nSPS) is 12.1. The van der Waals surface area contributed by atoms with Gasteiger partial charge < -0.3 is 14.6 Å². The Bertz CT molecular complexity index is 357. The van der Waals surface area contributed by atoms with Crippen molar-refractivity contribution in [3.8, 4) is 0 Å². The second kappa shape index (κ2) is 23.4. The number of carbonyl (C=O) groups is 1. The molecule has 29 heavy (non-hydrogen) atoms. The largest absolute Gasteiger partial charge is 0.457 e. The molecule has 0 spiro atoms. The molecule has 0 bridgehead atoms. The fraction of sp³-hybridized carbons (Fsp3) is 0.880. The van der Waals surface area contributed by atoms with Crippen molar-refractivity contribution in [3.63, 3.8) is 0 Å². The fourth-order valence-electron chi connectivity index (χ4n) is 3.59. The van der Waals surface area contributed by atoms with Crippen LogP contribution in [0.1, 0.15) is 116 Å². The molecule has 0 fully saturated rings. The minimum atomic E-state index is -0.404. The van der Waals surface area contributed by atoms with Crippen LogP contribution in [0.3, 0.4) is 0 Å². The third-order valence-electron chi connectivity index (χ3n) is 5.37. The summed E-state index contributed by atoms with van der Waals surface area (Å²) >= 11 is 0. The van der Waals surface area contributed by atoms with E-state index in [-0.39, 0.29) is 19.3 Å². The number of rotatable bonds is 23. The molecule has 1 atom stereocenters. The summed E-state index contributed by atoms with van der Waals surface area (Å²) in [4.78, 5) is 11.4. The van der Waals surface area contributed by atoms with Gasteiger partial charge in [0.2, 0.25) is 0 Å². The second-order valence-corrected chi connectivity index (χ2v) is 8.15. The molecular weight excluding hydrogens is 364 g/mol. The summed E-state index contributed by atoms with van der Waals surface area (Å²) in [5.74, 6) is -0.404. The van der Waals surface area contributed by atoms with Crippen LogP contribution in [0, 0.1) is 0 Å². The van der Waals surface area contributed by atoms with Crippen LogP contribution in [0.15, 0.2) is 12.7 Å². The van der Waals surface area contributed by atoms with Gasteiger partial charge in [-0.05, 0) is 12.8 Å². The van der Waals surface area contributed by atoms with Crippen molar-refractivity contribution in [1.29, 1.82) is 0 Å². The van der Waals surface area contributed by atoms with Gasteiger partial charge >= 0.3 is 5.97 Å². The van der Waals surface area contributed by atoms with E-state index < -0.39 is 5.97 Å². The predicted molar refractivity (Wildman–Crippen MR) is 122 cm³/mol. The van der Waals surface area contributed by atoms with Crippen LogP contribution in [0.2, 0.25) is 0 Å². The number of esters is 1. The molecule has 4 heteroatoms. The van der Waals surface area contributed by atoms with Crippen molar-refractivity contribution in [1.82, 2.24) is 0 Å². The van der Waals surface area contributed by atoms with Gasteiger partial charge in [-0.1, -0.05) is 110 Å². The number of aliphatic hydroxyl groups is 1. The number of unbranched alkanes of at least 4 members (excludes halogenated alkanes) is 15. The zero-order valence-corrected chi connectivity index (χ0v) is 19.2. The quantitative estimate of drug-likeness (QED) is 0.115. The maximum atomic E-state index is 11.4.